The Kier molecular flexibility index (Phi) is 5.80. The normalized spacial score (nSPS) is 11.6. The predicted molar refractivity (Wildman–Crippen MR) is 88.6 cm³/mol. The van der Waals surface area contributed by atoms with Crippen LogP contribution >= 0.6 is 0 Å². The Bertz CT molecular complexity index is 786. The smallest absolute Gasteiger partial charge is 0.416 e. The van der Waals surface area contributed by atoms with Crippen LogP contribution in [-0.4, -0.2) is 18.7 Å². The number of alkyl halides is 3. The molecule has 0 aromatic heterocycles. The average molecular weight is 350 g/mol. The largest absolute Gasteiger partial charge is 0.484 e. The van der Waals surface area contributed by atoms with Crippen LogP contribution < -0.4 is 10.2 Å². The molecule has 2 rings (SSSR count). The van der Waals surface area contributed by atoms with Gasteiger partial charge in [-0.25, -0.2) is 5.43 Å². The van der Waals surface area contributed by atoms with Gasteiger partial charge in [0.15, 0.2) is 6.61 Å². The first-order chi connectivity index (χ1) is 11.8. The molecule has 1 N–H and O–H groups in total. The van der Waals surface area contributed by atoms with Crippen molar-refractivity contribution in [1.82, 2.24) is 5.43 Å². The number of ether oxygens (including phenoxy) is 1. The molecule has 0 saturated heterocycles. The lowest BCUT2D eigenvalue weighted by Crippen LogP contribution is -2.24. The minimum atomic E-state index is -4.42. The summed E-state index contributed by atoms with van der Waals surface area (Å²) < 4.78 is 43.1. The van der Waals surface area contributed by atoms with Gasteiger partial charge in [0.05, 0.1) is 11.8 Å². The van der Waals surface area contributed by atoms with Gasteiger partial charge in [-0.2, -0.15) is 18.3 Å². The van der Waals surface area contributed by atoms with Crippen molar-refractivity contribution in [2.24, 2.45) is 5.10 Å². The lowest BCUT2D eigenvalue weighted by atomic mass is 10.1. The number of carbonyl (C=O) groups excluding carboxylic acids is 1. The number of benzene rings is 2. The van der Waals surface area contributed by atoms with Gasteiger partial charge in [-0.1, -0.05) is 18.2 Å². The average Bonchev–Trinajstić information content (AvgIpc) is 2.55. The minimum absolute atomic E-state index is 0.227. The number of hydrazone groups is 1. The fourth-order valence-corrected chi connectivity index (χ4v) is 1.96. The zero-order chi connectivity index (χ0) is 18.4. The van der Waals surface area contributed by atoms with Gasteiger partial charge in [-0.3, -0.25) is 4.79 Å². The molecule has 0 fully saturated rings. The number of hydrogen-bond acceptors (Lipinski definition) is 3. The summed E-state index contributed by atoms with van der Waals surface area (Å²) in [5, 5.41) is 3.64. The van der Waals surface area contributed by atoms with Crippen LogP contribution in [0.3, 0.4) is 0 Å². The molecule has 2 aromatic rings. The Balaban J connectivity index is 1.87. The maximum absolute atomic E-state index is 12.6. The molecular weight excluding hydrogens is 333 g/mol. The highest BCUT2D eigenvalue weighted by Crippen LogP contribution is 2.29. The molecule has 0 heterocycles. The summed E-state index contributed by atoms with van der Waals surface area (Å²) in [5.41, 5.74) is 3.82. The third kappa shape index (κ3) is 5.63. The molecule has 0 aliphatic carbocycles. The van der Waals surface area contributed by atoms with E-state index in [2.05, 4.69) is 10.5 Å². The van der Waals surface area contributed by atoms with Gasteiger partial charge in [-0.15, -0.1) is 0 Å². The van der Waals surface area contributed by atoms with E-state index in [4.69, 9.17) is 4.74 Å². The van der Waals surface area contributed by atoms with Crippen LogP contribution in [0.4, 0.5) is 13.2 Å². The second-order valence-electron chi connectivity index (χ2n) is 5.45. The lowest BCUT2D eigenvalue weighted by Gasteiger charge is -2.07. The number of hydrogen-bond donors (Lipinski definition) is 1. The van der Waals surface area contributed by atoms with Gasteiger partial charge >= 0.3 is 6.18 Å². The standard InChI is InChI=1S/C18H17F3N2O2/c1-12-6-7-16(8-13(12)2)25-11-17(24)23-22-10-14-4-3-5-15(9-14)18(19,20)21/h3-10H,11H2,1-2H3,(H,23,24)/b22-10-. The van der Waals surface area contributed by atoms with E-state index in [1.54, 1.807) is 6.07 Å². The Hall–Kier alpha value is -2.83. The topological polar surface area (TPSA) is 50.7 Å². The number of rotatable bonds is 5. The van der Waals surface area contributed by atoms with E-state index in [0.29, 0.717) is 5.75 Å². The Morgan fingerprint density at radius 1 is 1.16 bits per heavy atom. The summed E-state index contributed by atoms with van der Waals surface area (Å²) >= 11 is 0. The fraction of sp³-hybridized carbons (Fsp3) is 0.222. The second-order valence-corrected chi connectivity index (χ2v) is 5.45. The molecule has 7 heteroatoms. The quantitative estimate of drug-likeness (QED) is 0.658. The van der Waals surface area contributed by atoms with E-state index in [1.807, 2.05) is 26.0 Å². The molecular formula is C18H17F3N2O2. The van der Waals surface area contributed by atoms with E-state index in [-0.39, 0.29) is 12.2 Å². The highest BCUT2D eigenvalue weighted by atomic mass is 19.4. The third-order valence-corrected chi connectivity index (χ3v) is 3.47. The molecule has 4 nitrogen and oxygen atoms in total. The zero-order valence-corrected chi connectivity index (χ0v) is 13.7. The van der Waals surface area contributed by atoms with Crippen LogP contribution in [0.2, 0.25) is 0 Å². The number of nitrogens with zero attached hydrogens (tertiary/aromatic N) is 1. The molecule has 1 amide bonds. The van der Waals surface area contributed by atoms with Crippen LogP contribution in [0.1, 0.15) is 22.3 Å². The van der Waals surface area contributed by atoms with Gasteiger partial charge in [-0.05, 0) is 54.8 Å². The lowest BCUT2D eigenvalue weighted by molar-refractivity contribution is -0.137. The molecule has 0 unspecified atom stereocenters. The van der Waals surface area contributed by atoms with Crippen LogP contribution in [0.25, 0.3) is 0 Å². The van der Waals surface area contributed by atoms with Gasteiger partial charge in [0, 0.05) is 0 Å². The summed E-state index contributed by atoms with van der Waals surface area (Å²) in [7, 11) is 0. The molecule has 0 radical (unpaired) electrons. The van der Waals surface area contributed by atoms with Crippen LogP contribution in [0, 0.1) is 13.8 Å². The van der Waals surface area contributed by atoms with Crippen molar-refractivity contribution in [3.63, 3.8) is 0 Å². The maximum Gasteiger partial charge on any atom is 0.416 e. The SMILES string of the molecule is Cc1ccc(OCC(=O)N/N=C\c2cccc(C(F)(F)F)c2)cc1C. The van der Waals surface area contributed by atoms with E-state index in [9.17, 15) is 18.0 Å². The highest BCUT2D eigenvalue weighted by Gasteiger charge is 2.30. The van der Waals surface area contributed by atoms with Gasteiger partial charge in [0.1, 0.15) is 5.75 Å². The van der Waals surface area contributed by atoms with E-state index in [1.165, 1.54) is 12.1 Å². The van der Waals surface area contributed by atoms with Gasteiger partial charge in [0.2, 0.25) is 0 Å². The zero-order valence-electron chi connectivity index (χ0n) is 13.7. The summed E-state index contributed by atoms with van der Waals surface area (Å²) in [6, 6.07) is 10.1. The maximum atomic E-state index is 12.6. The first kappa shape index (κ1) is 18.5. The summed E-state index contributed by atoms with van der Waals surface area (Å²) in [4.78, 5) is 11.7. The molecule has 0 spiro atoms. The Morgan fingerprint density at radius 3 is 2.60 bits per heavy atom. The van der Waals surface area contributed by atoms with Gasteiger partial charge < -0.3 is 4.74 Å². The number of halogens is 3. The van der Waals surface area contributed by atoms with E-state index >= 15 is 0 Å². The van der Waals surface area contributed by atoms with Crippen LogP contribution in [-0.2, 0) is 11.0 Å². The predicted octanol–water partition coefficient (Wildman–Crippen LogP) is 3.85. The molecule has 0 atom stereocenters. The Morgan fingerprint density at radius 2 is 1.92 bits per heavy atom. The number of nitrogens with one attached hydrogen (secondary N) is 1. The summed E-state index contributed by atoms with van der Waals surface area (Å²) in [6.07, 6.45) is -3.28. The summed E-state index contributed by atoms with van der Waals surface area (Å²) in [5.74, 6) is 0.0431. The van der Waals surface area contributed by atoms with Crippen LogP contribution in [0.15, 0.2) is 47.6 Å². The monoisotopic (exact) mass is 350 g/mol. The highest BCUT2D eigenvalue weighted by molar-refractivity contribution is 5.83. The first-order valence-electron chi connectivity index (χ1n) is 7.45. The number of carbonyl (C=O) groups is 1. The van der Waals surface area contributed by atoms with Crippen molar-refractivity contribution in [2.75, 3.05) is 6.61 Å². The molecule has 132 valence electrons. The van der Waals surface area contributed by atoms with Crippen molar-refractivity contribution in [3.8, 4) is 5.75 Å². The minimum Gasteiger partial charge on any atom is -0.484 e. The fourth-order valence-electron chi connectivity index (χ4n) is 1.96. The molecule has 0 bridgehead atoms. The molecule has 25 heavy (non-hydrogen) atoms. The van der Waals surface area contributed by atoms with Crippen molar-refractivity contribution < 1.29 is 22.7 Å². The first-order valence-corrected chi connectivity index (χ1v) is 7.45. The molecule has 0 saturated carbocycles. The molecule has 2 aromatic carbocycles. The third-order valence-electron chi connectivity index (χ3n) is 3.47. The molecule has 0 aliphatic heterocycles. The van der Waals surface area contributed by atoms with Crippen molar-refractivity contribution in [1.29, 1.82) is 0 Å². The van der Waals surface area contributed by atoms with E-state index in [0.717, 1.165) is 29.5 Å². The van der Waals surface area contributed by atoms with Crippen molar-refractivity contribution in [2.45, 2.75) is 20.0 Å². The summed E-state index contributed by atoms with van der Waals surface area (Å²) in [6.45, 7) is 3.65. The van der Waals surface area contributed by atoms with Crippen molar-refractivity contribution in [3.05, 3.63) is 64.7 Å². The number of aryl methyl sites for hydroxylation is 2. The van der Waals surface area contributed by atoms with Gasteiger partial charge in [0.25, 0.3) is 5.91 Å². The number of amides is 1. The van der Waals surface area contributed by atoms with E-state index < -0.39 is 17.6 Å². The van der Waals surface area contributed by atoms with Crippen molar-refractivity contribution >= 4 is 12.1 Å². The molecule has 0 aliphatic rings. The van der Waals surface area contributed by atoms with Crippen LogP contribution in [0.5, 0.6) is 5.75 Å². The second kappa shape index (κ2) is 7.83. The Labute approximate surface area is 143 Å².